The summed E-state index contributed by atoms with van der Waals surface area (Å²) >= 11 is 0. The Hall–Kier alpha value is -1.88. The standard InChI is InChI=1S/C12H15N3O2/c1-9-3-4-11-13-7-10(15(11)8-9)12(17)14(2)5-6-16/h3-4,7-8,16H,5-6H2,1-2H3. The molecule has 17 heavy (non-hydrogen) atoms. The zero-order valence-corrected chi connectivity index (χ0v) is 9.92. The van der Waals surface area contributed by atoms with E-state index in [-0.39, 0.29) is 12.5 Å². The number of hydrogen-bond acceptors (Lipinski definition) is 3. The van der Waals surface area contributed by atoms with Crippen molar-refractivity contribution in [3.8, 4) is 0 Å². The number of rotatable bonds is 3. The number of imidazole rings is 1. The molecule has 0 saturated carbocycles. The lowest BCUT2D eigenvalue weighted by Crippen LogP contribution is -2.30. The number of likely N-dealkylation sites (N-methyl/N-ethyl adjacent to an activating group) is 1. The first-order chi connectivity index (χ1) is 8.13. The van der Waals surface area contributed by atoms with Crippen molar-refractivity contribution in [1.29, 1.82) is 0 Å². The monoisotopic (exact) mass is 233 g/mol. The van der Waals surface area contributed by atoms with E-state index in [1.54, 1.807) is 17.6 Å². The maximum Gasteiger partial charge on any atom is 0.272 e. The molecule has 0 atom stereocenters. The highest BCUT2D eigenvalue weighted by atomic mass is 16.3. The van der Waals surface area contributed by atoms with Gasteiger partial charge in [-0.1, -0.05) is 6.07 Å². The third-order valence-corrected chi connectivity index (χ3v) is 2.65. The van der Waals surface area contributed by atoms with Crippen LogP contribution in [0.2, 0.25) is 0 Å². The maximum atomic E-state index is 12.1. The summed E-state index contributed by atoms with van der Waals surface area (Å²) in [7, 11) is 1.66. The van der Waals surface area contributed by atoms with Crippen LogP contribution in [-0.2, 0) is 0 Å². The van der Waals surface area contributed by atoms with Crippen molar-refractivity contribution >= 4 is 11.6 Å². The van der Waals surface area contributed by atoms with Gasteiger partial charge in [0.15, 0.2) is 0 Å². The minimum absolute atomic E-state index is 0.0436. The molecule has 0 unspecified atom stereocenters. The van der Waals surface area contributed by atoms with Gasteiger partial charge in [-0.15, -0.1) is 0 Å². The van der Waals surface area contributed by atoms with Gasteiger partial charge in [-0.05, 0) is 18.6 Å². The Morgan fingerprint density at radius 1 is 1.53 bits per heavy atom. The number of aryl methyl sites for hydroxylation is 1. The second kappa shape index (κ2) is 4.55. The Labute approximate surface area is 99.3 Å². The number of carbonyl (C=O) groups excluding carboxylic acids is 1. The number of aliphatic hydroxyl groups excluding tert-OH is 1. The van der Waals surface area contributed by atoms with Gasteiger partial charge in [0.25, 0.3) is 5.91 Å². The van der Waals surface area contributed by atoms with E-state index in [1.165, 1.54) is 4.90 Å². The molecule has 2 heterocycles. The molecule has 0 fully saturated rings. The second-order valence-electron chi connectivity index (χ2n) is 4.03. The summed E-state index contributed by atoms with van der Waals surface area (Å²) in [6.45, 7) is 2.24. The van der Waals surface area contributed by atoms with E-state index in [4.69, 9.17) is 5.11 Å². The smallest absolute Gasteiger partial charge is 0.272 e. The summed E-state index contributed by atoms with van der Waals surface area (Å²) < 4.78 is 1.77. The zero-order valence-electron chi connectivity index (χ0n) is 9.92. The van der Waals surface area contributed by atoms with Crippen molar-refractivity contribution in [3.05, 3.63) is 35.8 Å². The van der Waals surface area contributed by atoms with Gasteiger partial charge >= 0.3 is 0 Å². The average molecular weight is 233 g/mol. The largest absolute Gasteiger partial charge is 0.395 e. The van der Waals surface area contributed by atoms with Crippen molar-refractivity contribution in [2.24, 2.45) is 0 Å². The van der Waals surface area contributed by atoms with Crippen LogP contribution in [0.25, 0.3) is 5.65 Å². The highest BCUT2D eigenvalue weighted by Crippen LogP contribution is 2.10. The van der Waals surface area contributed by atoms with Crippen molar-refractivity contribution < 1.29 is 9.90 Å². The number of amides is 1. The van der Waals surface area contributed by atoms with Crippen LogP contribution in [0.1, 0.15) is 16.1 Å². The number of aliphatic hydroxyl groups is 1. The molecular formula is C12H15N3O2. The number of fused-ring (bicyclic) bond motifs is 1. The van der Waals surface area contributed by atoms with Gasteiger partial charge in [0.05, 0.1) is 12.8 Å². The summed E-state index contributed by atoms with van der Waals surface area (Å²) in [4.78, 5) is 17.7. The van der Waals surface area contributed by atoms with Crippen molar-refractivity contribution in [1.82, 2.24) is 14.3 Å². The van der Waals surface area contributed by atoms with Crippen molar-refractivity contribution in [3.63, 3.8) is 0 Å². The Balaban J connectivity index is 2.41. The maximum absolute atomic E-state index is 12.1. The van der Waals surface area contributed by atoms with Crippen LogP contribution in [-0.4, -0.2) is 45.5 Å². The molecule has 5 heteroatoms. The van der Waals surface area contributed by atoms with E-state index >= 15 is 0 Å². The molecule has 0 radical (unpaired) electrons. The number of nitrogens with zero attached hydrogens (tertiary/aromatic N) is 3. The van der Waals surface area contributed by atoms with Crippen LogP contribution in [0.4, 0.5) is 0 Å². The van der Waals surface area contributed by atoms with E-state index in [1.807, 2.05) is 25.3 Å². The van der Waals surface area contributed by atoms with Gasteiger partial charge in [-0.25, -0.2) is 4.98 Å². The molecule has 0 spiro atoms. The van der Waals surface area contributed by atoms with Crippen LogP contribution in [0, 0.1) is 6.92 Å². The van der Waals surface area contributed by atoms with E-state index in [0.717, 1.165) is 11.2 Å². The van der Waals surface area contributed by atoms with Gasteiger partial charge in [-0.2, -0.15) is 0 Å². The molecule has 0 aliphatic rings. The normalized spacial score (nSPS) is 10.8. The number of aromatic nitrogens is 2. The molecule has 90 valence electrons. The van der Waals surface area contributed by atoms with E-state index in [0.29, 0.717) is 12.2 Å². The average Bonchev–Trinajstić information content (AvgIpc) is 2.71. The fraction of sp³-hybridized carbons (Fsp3) is 0.333. The van der Waals surface area contributed by atoms with Crippen molar-refractivity contribution in [2.45, 2.75) is 6.92 Å². The minimum Gasteiger partial charge on any atom is -0.395 e. The number of hydrogen-bond donors (Lipinski definition) is 1. The van der Waals surface area contributed by atoms with Crippen molar-refractivity contribution in [2.75, 3.05) is 20.2 Å². The van der Waals surface area contributed by atoms with Gasteiger partial charge < -0.3 is 10.0 Å². The summed E-state index contributed by atoms with van der Waals surface area (Å²) in [5.74, 6) is -0.142. The first-order valence-electron chi connectivity index (χ1n) is 5.43. The number of pyridine rings is 1. The van der Waals surface area contributed by atoms with Gasteiger partial charge in [-0.3, -0.25) is 9.20 Å². The quantitative estimate of drug-likeness (QED) is 0.849. The lowest BCUT2D eigenvalue weighted by molar-refractivity contribution is 0.0760. The Morgan fingerprint density at radius 2 is 2.29 bits per heavy atom. The molecule has 2 aromatic heterocycles. The lowest BCUT2D eigenvalue weighted by Gasteiger charge is -2.15. The molecule has 0 saturated heterocycles. The Kier molecular flexibility index (Phi) is 3.10. The molecule has 1 amide bonds. The second-order valence-corrected chi connectivity index (χ2v) is 4.03. The molecule has 5 nitrogen and oxygen atoms in total. The first kappa shape index (κ1) is 11.6. The van der Waals surface area contributed by atoms with Gasteiger partial charge in [0.2, 0.25) is 0 Å². The van der Waals surface area contributed by atoms with Crippen LogP contribution in [0.15, 0.2) is 24.5 Å². The third kappa shape index (κ3) is 2.14. The zero-order chi connectivity index (χ0) is 12.4. The minimum atomic E-state index is -0.142. The molecule has 0 bridgehead atoms. The fourth-order valence-corrected chi connectivity index (χ4v) is 1.69. The molecule has 2 aromatic rings. The summed E-state index contributed by atoms with van der Waals surface area (Å²) in [6, 6.07) is 3.83. The van der Waals surface area contributed by atoms with Crippen LogP contribution >= 0.6 is 0 Å². The van der Waals surface area contributed by atoms with Gasteiger partial charge in [0, 0.05) is 19.8 Å². The molecule has 2 rings (SSSR count). The summed E-state index contributed by atoms with van der Waals surface area (Å²) in [6.07, 6.45) is 3.44. The summed E-state index contributed by atoms with van der Waals surface area (Å²) in [5, 5.41) is 8.82. The Bertz CT molecular complexity index is 548. The van der Waals surface area contributed by atoms with Crippen LogP contribution < -0.4 is 0 Å². The molecule has 0 aliphatic carbocycles. The first-order valence-corrected chi connectivity index (χ1v) is 5.43. The highest BCUT2D eigenvalue weighted by molar-refractivity contribution is 5.93. The van der Waals surface area contributed by atoms with E-state index in [2.05, 4.69) is 4.98 Å². The molecular weight excluding hydrogens is 218 g/mol. The third-order valence-electron chi connectivity index (χ3n) is 2.65. The Morgan fingerprint density at radius 3 is 3.00 bits per heavy atom. The van der Waals surface area contributed by atoms with Gasteiger partial charge in [0.1, 0.15) is 11.3 Å². The fourth-order valence-electron chi connectivity index (χ4n) is 1.69. The highest BCUT2D eigenvalue weighted by Gasteiger charge is 2.15. The van der Waals surface area contributed by atoms with E-state index in [9.17, 15) is 4.79 Å². The number of carbonyl (C=O) groups is 1. The molecule has 1 N–H and O–H groups in total. The van der Waals surface area contributed by atoms with E-state index < -0.39 is 0 Å². The predicted octanol–water partition coefficient (Wildman–Crippen LogP) is 0.707. The predicted molar refractivity (Wildman–Crippen MR) is 64.0 cm³/mol. The SMILES string of the molecule is Cc1ccc2ncc(C(=O)N(C)CCO)n2c1. The lowest BCUT2D eigenvalue weighted by atomic mass is 10.3. The molecule has 0 aromatic carbocycles. The van der Waals surface area contributed by atoms with Crippen LogP contribution in [0.3, 0.4) is 0 Å². The van der Waals surface area contributed by atoms with Crippen LogP contribution in [0.5, 0.6) is 0 Å². The summed E-state index contributed by atoms with van der Waals surface area (Å²) in [5.41, 5.74) is 2.32. The topological polar surface area (TPSA) is 57.8 Å². The molecule has 0 aliphatic heterocycles.